The van der Waals surface area contributed by atoms with Gasteiger partial charge in [-0.25, -0.2) is 0 Å². The van der Waals surface area contributed by atoms with Gasteiger partial charge < -0.3 is 9.64 Å². The van der Waals surface area contributed by atoms with Crippen molar-refractivity contribution in [2.75, 3.05) is 7.11 Å². The largest absolute Gasteiger partial charge is 0.496 e. The molecule has 2 aromatic rings. The van der Waals surface area contributed by atoms with Gasteiger partial charge in [-0.2, -0.15) is 0 Å². The lowest BCUT2D eigenvalue weighted by Crippen LogP contribution is -2.33. The molecule has 2 aromatic carbocycles. The molecular formula is C21H23NO3. The molecule has 0 heterocycles. The van der Waals surface area contributed by atoms with E-state index in [1.807, 2.05) is 35.2 Å². The number of ketones is 1. The fourth-order valence-corrected chi connectivity index (χ4v) is 2.99. The average molecular weight is 337 g/mol. The van der Waals surface area contributed by atoms with Gasteiger partial charge >= 0.3 is 0 Å². The Morgan fingerprint density at radius 2 is 1.84 bits per heavy atom. The quantitative estimate of drug-likeness (QED) is 0.725. The Labute approximate surface area is 148 Å². The zero-order valence-corrected chi connectivity index (χ0v) is 14.7. The Hall–Kier alpha value is -2.62. The van der Waals surface area contributed by atoms with Crippen LogP contribution in [0.1, 0.15) is 41.3 Å². The summed E-state index contributed by atoms with van der Waals surface area (Å²) in [4.78, 5) is 26.5. The second-order valence-electron chi connectivity index (χ2n) is 6.50. The summed E-state index contributed by atoms with van der Waals surface area (Å²) in [5, 5.41) is 0. The summed E-state index contributed by atoms with van der Waals surface area (Å²) in [5.74, 6) is 0.707. The second-order valence-corrected chi connectivity index (χ2v) is 6.50. The van der Waals surface area contributed by atoms with E-state index >= 15 is 0 Å². The number of hydrogen-bond donors (Lipinski definition) is 0. The predicted octanol–water partition coefficient (Wildman–Crippen LogP) is 3.63. The standard InChI is InChI=1S/C21H23NO3/c1-15(23)17-8-11-20(25-2)18(12-17)13-21(24)22(19-9-10-19)14-16-6-4-3-5-7-16/h3-8,11-12,19H,9-10,13-14H2,1-2H3. The molecule has 0 spiro atoms. The van der Waals surface area contributed by atoms with Gasteiger partial charge in [-0.05, 0) is 43.5 Å². The third-order valence-corrected chi connectivity index (χ3v) is 4.53. The molecule has 1 fully saturated rings. The number of ether oxygens (including phenoxy) is 1. The molecule has 25 heavy (non-hydrogen) atoms. The summed E-state index contributed by atoms with van der Waals surface area (Å²) in [7, 11) is 1.58. The van der Waals surface area contributed by atoms with E-state index in [1.54, 1.807) is 25.3 Å². The van der Waals surface area contributed by atoms with Crippen molar-refractivity contribution in [2.24, 2.45) is 0 Å². The lowest BCUT2D eigenvalue weighted by Gasteiger charge is -2.23. The fourth-order valence-electron chi connectivity index (χ4n) is 2.99. The molecule has 0 aliphatic heterocycles. The minimum atomic E-state index is -0.0142. The van der Waals surface area contributed by atoms with Crippen LogP contribution in [0.25, 0.3) is 0 Å². The fraction of sp³-hybridized carbons (Fsp3) is 0.333. The van der Waals surface area contributed by atoms with Crippen LogP contribution >= 0.6 is 0 Å². The van der Waals surface area contributed by atoms with Crippen molar-refractivity contribution in [3.8, 4) is 5.75 Å². The van der Waals surface area contributed by atoms with Crippen molar-refractivity contribution >= 4 is 11.7 Å². The number of hydrogen-bond acceptors (Lipinski definition) is 3. The third kappa shape index (κ3) is 4.27. The second kappa shape index (κ2) is 7.51. The molecule has 0 aromatic heterocycles. The summed E-state index contributed by atoms with van der Waals surface area (Å²) in [6.45, 7) is 2.15. The number of carbonyl (C=O) groups is 2. The van der Waals surface area contributed by atoms with Gasteiger partial charge in [0.25, 0.3) is 0 Å². The summed E-state index contributed by atoms with van der Waals surface area (Å²) in [6, 6.07) is 15.6. The molecule has 4 nitrogen and oxygen atoms in total. The van der Waals surface area contributed by atoms with E-state index < -0.39 is 0 Å². The Morgan fingerprint density at radius 1 is 1.12 bits per heavy atom. The average Bonchev–Trinajstić information content (AvgIpc) is 3.45. The van der Waals surface area contributed by atoms with Crippen LogP contribution in [0.4, 0.5) is 0 Å². The number of amides is 1. The molecule has 4 heteroatoms. The monoisotopic (exact) mass is 337 g/mol. The molecule has 1 aliphatic carbocycles. The van der Waals surface area contributed by atoms with Crippen molar-refractivity contribution in [2.45, 2.75) is 38.8 Å². The lowest BCUT2D eigenvalue weighted by molar-refractivity contribution is -0.131. The highest BCUT2D eigenvalue weighted by Crippen LogP contribution is 2.30. The van der Waals surface area contributed by atoms with Crippen LogP contribution in [0.15, 0.2) is 48.5 Å². The van der Waals surface area contributed by atoms with E-state index in [0.717, 1.165) is 24.0 Å². The van der Waals surface area contributed by atoms with Gasteiger partial charge in [-0.15, -0.1) is 0 Å². The van der Waals surface area contributed by atoms with Crippen LogP contribution in [0.5, 0.6) is 5.75 Å². The molecule has 130 valence electrons. The first-order valence-corrected chi connectivity index (χ1v) is 8.59. The Balaban J connectivity index is 1.79. The van der Waals surface area contributed by atoms with Gasteiger partial charge in [-0.3, -0.25) is 9.59 Å². The molecule has 0 N–H and O–H groups in total. The minimum absolute atomic E-state index is 0.0142. The molecule has 0 radical (unpaired) electrons. The van der Waals surface area contributed by atoms with Crippen LogP contribution < -0.4 is 4.74 Å². The third-order valence-electron chi connectivity index (χ3n) is 4.53. The SMILES string of the molecule is COc1ccc(C(C)=O)cc1CC(=O)N(Cc1ccccc1)C1CC1. The summed E-state index contributed by atoms with van der Waals surface area (Å²) in [5.41, 5.74) is 2.50. The van der Waals surface area contributed by atoms with Crippen LogP contribution in [-0.4, -0.2) is 29.7 Å². The van der Waals surface area contributed by atoms with Gasteiger partial charge in [-0.1, -0.05) is 30.3 Å². The molecular weight excluding hydrogens is 314 g/mol. The van der Waals surface area contributed by atoms with Crippen LogP contribution in [-0.2, 0) is 17.8 Å². The van der Waals surface area contributed by atoms with E-state index in [4.69, 9.17) is 4.74 Å². The molecule has 1 aliphatic rings. The number of benzene rings is 2. The summed E-state index contributed by atoms with van der Waals surface area (Å²) in [6.07, 6.45) is 2.36. The first kappa shape index (κ1) is 17.2. The highest BCUT2D eigenvalue weighted by atomic mass is 16.5. The normalized spacial score (nSPS) is 13.4. The molecule has 0 atom stereocenters. The van der Waals surface area contributed by atoms with Crippen LogP contribution in [0.2, 0.25) is 0 Å². The number of nitrogens with zero attached hydrogens (tertiary/aromatic N) is 1. The number of rotatable bonds is 7. The lowest BCUT2D eigenvalue weighted by atomic mass is 10.0. The van der Waals surface area contributed by atoms with Crippen molar-refractivity contribution < 1.29 is 14.3 Å². The smallest absolute Gasteiger partial charge is 0.227 e. The van der Waals surface area contributed by atoms with Crippen molar-refractivity contribution in [3.63, 3.8) is 0 Å². The number of carbonyl (C=O) groups excluding carboxylic acids is 2. The summed E-state index contributed by atoms with van der Waals surface area (Å²) >= 11 is 0. The van der Waals surface area contributed by atoms with E-state index in [9.17, 15) is 9.59 Å². The molecule has 0 bridgehead atoms. The first-order valence-electron chi connectivity index (χ1n) is 8.59. The molecule has 0 saturated heterocycles. The van der Waals surface area contributed by atoms with Crippen LogP contribution in [0, 0.1) is 0 Å². The molecule has 1 saturated carbocycles. The Kier molecular flexibility index (Phi) is 5.17. The van der Waals surface area contributed by atoms with E-state index in [2.05, 4.69) is 0 Å². The van der Waals surface area contributed by atoms with Crippen molar-refractivity contribution in [1.82, 2.24) is 4.90 Å². The van der Waals surface area contributed by atoms with Crippen LogP contribution in [0.3, 0.4) is 0 Å². The first-order chi connectivity index (χ1) is 12.1. The summed E-state index contributed by atoms with van der Waals surface area (Å²) < 4.78 is 5.37. The van der Waals surface area contributed by atoms with Crippen molar-refractivity contribution in [1.29, 1.82) is 0 Å². The van der Waals surface area contributed by atoms with E-state index in [0.29, 0.717) is 23.9 Å². The molecule has 0 unspecified atom stereocenters. The van der Waals surface area contributed by atoms with Crippen molar-refractivity contribution in [3.05, 3.63) is 65.2 Å². The Morgan fingerprint density at radius 3 is 2.44 bits per heavy atom. The minimum Gasteiger partial charge on any atom is -0.496 e. The van der Waals surface area contributed by atoms with Gasteiger partial charge in [0.15, 0.2) is 5.78 Å². The maximum Gasteiger partial charge on any atom is 0.227 e. The van der Waals surface area contributed by atoms with Gasteiger partial charge in [0.2, 0.25) is 5.91 Å². The molecule has 3 rings (SSSR count). The van der Waals surface area contributed by atoms with Gasteiger partial charge in [0, 0.05) is 23.7 Å². The van der Waals surface area contributed by atoms with Gasteiger partial charge in [0.05, 0.1) is 13.5 Å². The highest BCUT2D eigenvalue weighted by Gasteiger charge is 2.32. The number of methoxy groups -OCH3 is 1. The van der Waals surface area contributed by atoms with Gasteiger partial charge in [0.1, 0.15) is 5.75 Å². The Bertz CT molecular complexity index is 766. The topological polar surface area (TPSA) is 46.6 Å². The van der Waals surface area contributed by atoms with E-state index in [-0.39, 0.29) is 18.1 Å². The zero-order valence-electron chi connectivity index (χ0n) is 14.7. The zero-order chi connectivity index (χ0) is 17.8. The predicted molar refractivity (Wildman–Crippen MR) is 96.7 cm³/mol. The van der Waals surface area contributed by atoms with E-state index in [1.165, 1.54) is 6.92 Å². The maximum absolute atomic E-state index is 12.9. The number of Topliss-reactive ketones (excluding diaryl/α,β-unsaturated/α-hetero) is 1. The molecule has 1 amide bonds. The highest BCUT2D eigenvalue weighted by molar-refractivity contribution is 5.94. The maximum atomic E-state index is 12.9.